The molecule has 0 atom stereocenters. The molecule has 4 rings (SSSR count). The molecule has 9 nitrogen and oxygen atoms in total. The number of aromatic nitrogens is 2. The highest BCUT2D eigenvalue weighted by atomic mass is 79.9. The van der Waals surface area contributed by atoms with E-state index in [-0.39, 0.29) is 12.5 Å². The Balaban J connectivity index is 1.55. The molecule has 0 fully saturated rings. The summed E-state index contributed by atoms with van der Waals surface area (Å²) < 4.78 is 12.3. The standard InChI is InChI=1S/C24H19BrN4O5/c1-33-20-11-15(13-26-29-23(31)17-9-5-6-10-19(17)28-24(29)32)18(25)12-21(20)34-14-22(30)27-16-7-3-2-4-8-16/h2-13H,14H2,1H3,(H,27,30)(H,28,32). The van der Waals surface area contributed by atoms with E-state index in [1.165, 1.54) is 13.3 Å². The number of anilines is 1. The number of nitrogens with one attached hydrogen (secondary N) is 2. The summed E-state index contributed by atoms with van der Waals surface area (Å²) in [5.41, 5.74) is 0.423. The third-order valence-corrected chi connectivity index (χ3v) is 5.48. The summed E-state index contributed by atoms with van der Waals surface area (Å²) in [4.78, 5) is 39.8. The van der Waals surface area contributed by atoms with Crippen molar-refractivity contribution in [2.45, 2.75) is 0 Å². The minimum Gasteiger partial charge on any atom is -0.493 e. The second-order valence-corrected chi connectivity index (χ2v) is 7.92. The molecule has 3 aromatic carbocycles. The number of carbonyl (C=O) groups excluding carboxylic acids is 1. The fourth-order valence-corrected chi connectivity index (χ4v) is 3.59. The molecular formula is C24H19BrN4O5. The Morgan fingerprint density at radius 2 is 1.82 bits per heavy atom. The molecule has 0 aliphatic carbocycles. The van der Waals surface area contributed by atoms with Crippen LogP contribution in [0.3, 0.4) is 0 Å². The highest BCUT2D eigenvalue weighted by molar-refractivity contribution is 9.10. The van der Waals surface area contributed by atoms with Gasteiger partial charge in [0.05, 0.1) is 24.2 Å². The molecule has 0 spiro atoms. The van der Waals surface area contributed by atoms with Gasteiger partial charge in [0.2, 0.25) is 0 Å². The topological polar surface area (TPSA) is 115 Å². The van der Waals surface area contributed by atoms with Gasteiger partial charge in [-0.15, -0.1) is 4.68 Å². The molecule has 0 aliphatic heterocycles. The number of methoxy groups -OCH3 is 1. The van der Waals surface area contributed by atoms with Gasteiger partial charge in [-0.2, -0.15) is 5.10 Å². The van der Waals surface area contributed by atoms with E-state index in [1.54, 1.807) is 48.5 Å². The predicted octanol–water partition coefficient (Wildman–Crippen LogP) is 3.36. The zero-order chi connectivity index (χ0) is 24.1. The van der Waals surface area contributed by atoms with E-state index in [0.717, 1.165) is 4.68 Å². The molecule has 1 aromatic heterocycles. The van der Waals surface area contributed by atoms with E-state index >= 15 is 0 Å². The lowest BCUT2D eigenvalue weighted by atomic mass is 10.2. The molecule has 2 N–H and O–H groups in total. The van der Waals surface area contributed by atoms with Crippen LogP contribution < -0.4 is 26.0 Å². The van der Waals surface area contributed by atoms with Gasteiger partial charge in [-0.3, -0.25) is 9.59 Å². The van der Waals surface area contributed by atoms with Crippen molar-refractivity contribution >= 4 is 44.6 Å². The smallest absolute Gasteiger partial charge is 0.349 e. The van der Waals surface area contributed by atoms with E-state index in [1.807, 2.05) is 18.2 Å². The molecule has 0 saturated carbocycles. The van der Waals surface area contributed by atoms with Gasteiger partial charge in [0.15, 0.2) is 18.1 Å². The van der Waals surface area contributed by atoms with Crippen molar-refractivity contribution in [1.82, 2.24) is 9.66 Å². The van der Waals surface area contributed by atoms with Crippen molar-refractivity contribution in [2.24, 2.45) is 5.10 Å². The van der Waals surface area contributed by atoms with E-state index in [2.05, 4.69) is 31.3 Å². The minimum absolute atomic E-state index is 0.229. The van der Waals surface area contributed by atoms with E-state index in [0.29, 0.717) is 38.1 Å². The molecule has 0 aliphatic rings. The second-order valence-electron chi connectivity index (χ2n) is 7.06. The van der Waals surface area contributed by atoms with Crippen LogP contribution in [-0.2, 0) is 4.79 Å². The van der Waals surface area contributed by atoms with Crippen LogP contribution in [0.5, 0.6) is 11.5 Å². The normalized spacial score (nSPS) is 11.0. The third kappa shape index (κ3) is 5.07. The number of para-hydroxylation sites is 2. The highest BCUT2D eigenvalue weighted by Gasteiger charge is 2.12. The van der Waals surface area contributed by atoms with Crippen molar-refractivity contribution in [2.75, 3.05) is 19.0 Å². The lowest BCUT2D eigenvalue weighted by Gasteiger charge is -2.13. The average molecular weight is 523 g/mol. The lowest BCUT2D eigenvalue weighted by molar-refractivity contribution is -0.118. The maximum Gasteiger partial charge on any atom is 0.349 e. The number of halogens is 1. The highest BCUT2D eigenvalue weighted by Crippen LogP contribution is 2.33. The van der Waals surface area contributed by atoms with Gasteiger partial charge in [0, 0.05) is 15.7 Å². The van der Waals surface area contributed by atoms with Crippen LogP contribution in [0.4, 0.5) is 5.69 Å². The second kappa shape index (κ2) is 10.2. The summed E-state index contributed by atoms with van der Waals surface area (Å²) in [7, 11) is 1.46. The minimum atomic E-state index is -0.660. The summed E-state index contributed by atoms with van der Waals surface area (Å²) in [6.45, 7) is -0.229. The van der Waals surface area contributed by atoms with Gasteiger partial charge < -0.3 is 19.8 Å². The number of benzene rings is 3. The van der Waals surface area contributed by atoms with Gasteiger partial charge >= 0.3 is 5.69 Å². The number of rotatable bonds is 7. The van der Waals surface area contributed by atoms with E-state index < -0.39 is 11.2 Å². The Bertz CT molecular complexity index is 1500. The molecule has 4 aromatic rings. The predicted molar refractivity (Wildman–Crippen MR) is 133 cm³/mol. The first-order valence-electron chi connectivity index (χ1n) is 10.1. The van der Waals surface area contributed by atoms with Crippen molar-refractivity contribution in [3.8, 4) is 11.5 Å². The number of hydrogen-bond donors (Lipinski definition) is 2. The summed E-state index contributed by atoms with van der Waals surface area (Å²) in [6.07, 6.45) is 1.35. The summed E-state index contributed by atoms with van der Waals surface area (Å²) in [5.74, 6) is 0.345. The maximum atomic E-state index is 12.6. The molecule has 172 valence electrons. The molecule has 34 heavy (non-hydrogen) atoms. The fraction of sp³-hybridized carbons (Fsp3) is 0.0833. The molecule has 10 heteroatoms. The van der Waals surface area contributed by atoms with Gasteiger partial charge in [0.25, 0.3) is 11.5 Å². The quantitative estimate of drug-likeness (QED) is 0.361. The van der Waals surface area contributed by atoms with Crippen molar-refractivity contribution in [3.63, 3.8) is 0 Å². The van der Waals surface area contributed by atoms with E-state index in [4.69, 9.17) is 9.47 Å². The van der Waals surface area contributed by atoms with Crippen LogP contribution in [0.2, 0.25) is 0 Å². The molecule has 0 radical (unpaired) electrons. The van der Waals surface area contributed by atoms with Gasteiger partial charge in [-0.25, -0.2) is 4.79 Å². The van der Waals surface area contributed by atoms with Crippen LogP contribution in [-0.4, -0.2) is 35.5 Å². The maximum absolute atomic E-state index is 12.6. The number of ether oxygens (including phenoxy) is 2. The lowest BCUT2D eigenvalue weighted by Crippen LogP contribution is -2.32. The number of amides is 1. The molecular weight excluding hydrogens is 504 g/mol. The van der Waals surface area contributed by atoms with Crippen LogP contribution in [0.25, 0.3) is 10.9 Å². The number of aromatic amines is 1. The Hall–Kier alpha value is -4.18. The van der Waals surface area contributed by atoms with Crippen LogP contribution in [0.1, 0.15) is 5.56 Å². The summed E-state index contributed by atoms with van der Waals surface area (Å²) >= 11 is 3.42. The number of nitrogens with zero attached hydrogens (tertiary/aromatic N) is 2. The number of hydrogen-bond acceptors (Lipinski definition) is 6. The van der Waals surface area contributed by atoms with Crippen molar-refractivity contribution in [3.05, 3.63) is 97.6 Å². The first kappa shape index (κ1) is 23.0. The largest absolute Gasteiger partial charge is 0.493 e. The van der Waals surface area contributed by atoms with Gasteiger partial charge in [0.1, 0.15) is 0 Å². The molecule has 0 unspecified atom stereocenters. The number of fused-ring (bicyclic) bond motifs is 1. The third-order valence-electron chi connectivity index (χ3n) is 4.80. The monoisotopic (exact) mass is 522 g/mol. The molecule has 0 saturated heterocycles. The fourth-order valence-electron chi connectivity index (χ4n) is 3.16. The number of H-pyrrole nitrogens is 1. The summed E-state index contributed by atoms with van der Waals surface area (Å²) in [5, 5.41) is 7.13. The van der Waals surface area contributed by atoms with Crippen LogP contribution >= 0.6 is 15.9 Å². The van der Waals surface area contributed by atoms with Gasteiger partial charge in [-0.1, -0.05) is 30.3 Å². The van der Waals surface area contributed by atoms with Crippen LogP contribution in [0.15, 0.2) is 85.9 Å². The Morgan fingerprint density at radius 1 is 1.09 bits per heavy atom. The Morgan fingerprint density at radius 3 is 2.59 bits per heavy atom. The van der Waals surface area contributed by atoms with Crippen LogP contribution in [0, 0.1) is 0 Å². The zero-order valence-electron chi connectivity index (χ0n) is 17.9. The average Bonchev–Trinajstić information content (AvgIpc) is 2.84. The molecule has 0 bridgehead atoms. The van der Waals surface area contributed by atoms with Crippen molar-refractivity contribution < 1.29 is 14.3 Å². The Kier molecular flexibility index (Phi) is 6.88. The van der Waals surface area contributed by atoms with Gasteiger partial charge in [-0.05, 0) is 52.3 Å². The van der Waals surface area contributed by atoms with E-state index in [9.17, 15) is 14.4 Å². The van der Waals surface area contributed by atoms with Crippen molar-refractivity contribution in [1.29, 1.82) is 0 Å². The SMILES string of the molecule is COc1cc(C=Nn2c(=O)[nH]c3ccccc3c2=O)c(Br)cc1OCC(=O)Nc1ccccc1. The number of carbonyl (C=O) groups is 1. The summed E-state index contributed by atoms with van der Waals surface area (Å²) in [6, 6.07) is 18.9. The molecule has 1 heterocycles. The first-order valence-corrected chi connectivity index (χ1v) is 10.9. The Labute approximate surface area is 201 Å². The molecule has 1 amide bonds. The first-order chi connectivity index (χ1) is 16.5. The zero-order valence-corrected chi connectivity index (χ0v) is 19.5.